The first-order chi connectivity index (χ1) is 18.7. The number of carbonyl (C=O) groups is 2. The zero-order chi connectivity index (χ0) is 28.8. The minimum Gasteiger partial charge on any atom is -0.491 e. The average molecular weight is 561 g/mol. The number of thiocarbonyl (C=S) groups is 1. The number of hydrogen-bond donors (Lipinski definition) is 2. The van der Waals surface area contributed by atoms with Gasteiger partial charge in [-0.2, -0.15) is 0 Å². The topological polar surface area (TPSA) is 99.4 Å². The molecule has 7 nitrogen and oxygen atoms in total. The lowest BCUT2D eigenvalue weighted by Gasteiger charge is -2.38. The van der Waals surface area contributed by atoms with Crippen LogP contribution in [0.3, 0.4) is 0 Å². The highest BCUT2D eigenvalue weighted by Gasteiger charge is 2.45. The van der Waals surface area contributed by atoms with Gasteiger partial charge in [0.15, 0.2) is 0 Å². The highest BCUT2D eigenvalue weighted by Crippen LogP contribution is 2.42. The molecule has 8 heteroatoms. The van der Waals surface area contributed by atoms with Crippen molar-refractivity contribution in [2.45, 2.75) is 130 Å². The fourth-order valence-electron chi connectivity index (χ4n) is 5.41. The van der Waals surface area contributed by atoms with E-state index >= 15 is 0 Å². The van der Waals surface area contributed by atoms with Crippen LogP contribution in [0.5, 0.6) is 5.75 Å². The summed E-state index contributed by atoms with van der Waals surface area (Å²) < 4.78 is 6.09. The van der Waals surface area contributed by atoms with Gasteiger partial charge in [0, 0.05) is 11.3 Å². The number of ether oxygens (including phenoxy) is 1. The van der Waals surface area contributed by atoms with Crippen LogP contribution in [0.25, 0.3) is 0 Å². The summed E-state index contributed by atoms with van der Waals surface area (Å²) in [4.78, 5) is 29.7. The fraction of sp³-hybridized carbons (Fsp3) is 0.677. The van der Waals surface area contributed by atoms with Crippen molar-refractivity contribution in [3.63, 3.8) is 0 Å². The number of aliphatic imine (C=N–C) groups is 1. The molecule has 0 saturated heterocycles. The van der Waals surface area contributed by atoms with Crippen molar-refractivity contribution in [2.24, 2.45) is 10.9 Å². The lowest BCUT2D eigenvalue weighted by atomic mass is 9.83. The molecule has 1 aliphatic rings. The maximum Gasteiger partial charge on any atom is 0.414 e. The smallest absolute Gasteiger partial charge is 0.414 e. The van der Waals surface area contributed by atoms with Gasteiger partial charge in [-0.05, 0) is 57.5 Å². The van der Waals surface area contributed by atoms with Crippen LogP contribution in [0.15, 0.2) is 23.2 Å². The van der Waals surface area contributed by atoms with Gasteiger partial charge in [-0.3, -0.25) is 4.79 Å². The van der Waals surface area contributed by atoms with E-state index in [2.05, 4.69) is 11.9 Å². The Kier molecular flexibility index (Phi) is 14.5. The number of nitrogens with zero attached hydrogens (tertiary/aromatic N) is 2. The van der Waals surface area contributed by atoms with E-state index in [0.717, 1.165) is 29.7 Å². The number of unbranched alkanes of at least 4 members (excludes halogenated alkanes) is 12. The Morgan fingerprint density at radius 2 is 1.49 bits per heavy atom. The van der Waals surface area contributed by atoms with Crippen molar-refractivity contribution in [1.82, 2.24) is 4.90 Å². The van der Waals surface area contributed by atoms with Crippen LogP contribution in [-0.2, 0) is 11.2 Å². The van der Waals surface area contributed by atoms with Crippen LogP contribution in [0.1, 0.15) is 128 Å². The molecule has 0 spiro atoms. The molecule has 0 bridgehead atoms. The summed E-state index contributed by atoms with van der Waals surface area (Å²) in [6.07, 6.45) is 15.6. The van der Waals surface area contributed by atoms with Gasteiger partial charge in [-0.15, -0.1) is 0 Å². The molecule has 0 radical (unpaired) electrons. The molecule has 2 atom stereocenters. The maximum absolute atomic E-state index is 12.4. The van der Waals surface area contributed by atoms with Gasteiger partial charge in [0.1, 0.15) is 11.7 Å². The molecule has 1 aromatic carbocycles. The highest BCUT2D eigenvalue weighted by atomic mass is 32.1. The summed E-state index contributed by atoms with van der Waals surface area (Å²) in [5.41, 5.74) is 1.77. The molecule has 1 amide bonds. The summed E-state index contributed by atoms with van der Waals surface area (Å²) in [7, 11) is 0. The third-order valence-corrected chi connectivity index (χ3v) is 7.65. The van der Waals surface area contributed by atoms with Crippen molar-refractivity contribution < 1.29 is 24.5 Å². The normalized spacial score (nSPS) is 17.4. The first kappa shape index (κ1) is 32.7. The van der Waals surface area contributed by atoms with Crippen molar-refractivity contribution in [3.8, 4) is 5.75 Å². The van der Waals surface area contributed by atoms with E-state index < -0.39 is 24.0 Å². The molecule has 0 aliphatic carbocycles. The van der Waals surface area contributed by atoms with E-state index in [9.17, 15) is 19.8 Å². The standard InChI is InChI=1S/C31H48N2O5S/c1-5-6-7-8-9-10-11-12-13-14-15-16-17-19-24-20-18-21-25(38-22(2)3)27(24)28-26(29(34)35)23(4)32-30(39)33(28)31(36)37/h18,20-22,26,28H,5-17,19H2,1-4H3,(H,34,35)(H,36,37). The van der Waals surface area contributed by atoms with E-state index in [1.165, 1.54) is 64.2 Å². The quantitative estimate of drug-likeness (QED) is 0.138. The molecule has 1 aliphatic heterocycles. The van der Waals surface area contributed by atoms with Crippen molar-refractivity contribution >= 4 is 35.1 Å². The molecule has 2 N–H and O–H groups in total. The molecule has 218 valence electrons. The van der Waals surface area contributed by atoms with Crippen LogP contribution >= 0.6 is 12.2 Å². The van der Waals surface area contributed by atoms with E-state index in [1.54, 1.807) is 13.0 Å². The maximum atomic E-state index is 12.4. The Labute approximate surface area is 240 Å². The number of carboxylic acid groups (broad SMARTS) is 2. The van der Waals surface area contributed by atoms with E-state index in [0.29, 0.717) is 23.4 Å². The molecule has 0 aromatic heterocycles. The van der Waals surface area contributed by atoms with Gasteiger partial charge < -0.3 is 14.9 Å². The number of rotatable bonds is 18. The lowest BCUT2D eigenvalue weighted by molar-refractivity contribution is -0.140. The van der Waals surface area contributed by atoms with Gasteiger partial charge in [0.25, 0.3) is 0 Å². The highest BCUT2D eigenvalue weighted by molar-refractivity contribution is 7.80. The summed E-state index contributed by atoms with van der Waals surface area (Å²) in [6.45, 7) is 7.63. The lowest BCUT2D eigenvalue weighted by Crippen LogP contribution is -2.49. The summed E-state index contributed by atoms with van der Waals surface area (Å²) in [6, 6.07) is 4.58. The second-order valence-corrected chi connectivity index (χ2v) is 11.3. The molecule has 1 heterocycles. The third-order valence-electron chi connectivity index (χ3n) is 7.36. The zero-order valence-electron chi connectivity index (χ0n) is 24.3. The Hall–Kier alpha value is -2.48. The summed E-state index contributed by atoms with van der Waals surface area (Å²) >= 11 is 5.29. The molecule has 1 aromatic rings. The van der Waals surface area contributed by atoms with Crippen LogP contribution in [0, 0.1) is 5.92 Å². The number of aliphatic carboxylic acids is 1. The van der Waals surface area contributed by atoms with Gasteiger partial charge >= 0.3 is 12.1 Å². The Morgan fingerprint density at radius 1 is 0.949 bits per heavy atom. The molecular weight excluding hydrogens is 512 g/mol. The summed E-state index contributed by atoms with van der Waals surface area (Å²) in [5.74, 6) is -1.80. The minimum absolute atomic E-state index is 0.145. The number of aryl methyl sites for hydroxylation is 1. The van der Waals surface area contributed by atoms with Gasteiger partial charge in [0.05, 0.1) is 12.1 Å². The first-order valence-electron chi connectivity index (χ1n) is 14.8. The van der Waals surface area contributed by atoms with Crippen molar-refractivity contribution in [2.75, 3.05) is 0 Å². The average Bonchev–Trinajstić information content (AvgIpc) is 2.85. The molecule has 2 unspecified atom stereocenters. The third kappa shape index (κ3) is 10.2. The Balaban J connectivity index is 2.07. The van der Waals surface area contributed by atoms with E-state index in [1.807, 2.05) is 26.0 Å². The van der Waals surface area contributed by atoms with Crippen LogP contribution < -0.4 is 4.74 Å². The zero-order valence-corrected chi connectivity index (χ0v) is 25.1. The Bertz CT molecular complexity index is 978. The number of carboxylic acids is 1. The van der Waals surface area contributed by atoms with Gasteiger partial charge in [0.2, 0.25) is 5.11 Å². The molecule has 39 heavy (non-hydrogen) atoms. The van der Waals surface area contributed by atoms with Crippen LogP contribution in [0.2, 0.25) is 0 Å². The number of hydrogen-bond acceptors (Lipinski definition) is 4. The molecule has 0 saturated carbocycles. The Morgan fingerprint density at radius 3 is 1.97 bits per heavy atom. The first-order valence-corrected chi connectivity index (χ1v) is 15.2. The van der Waals surface area contributed by atoms with Gasteiger partial charge in [-0.1, -0.05) is 96.1 Å². The predicted octanol–water partition coefficient (Wildman–Crippen LogP) is 8.59. The second-order valence-electron chi connectivity index (χ2n) is 10.9. The number of amides is 1. The number of benzene rings is 1. The largest absolute Gasteiger partial charge is 0.491 e. The van der Waals surface area contributed by atoms with Crippen molar-refractivity contribution in [1.29, 1.82) is 0 Å². The van der Waals surface area contributed by atoms with Gasteiger partial charge in [-0.25, -0.2) is 14.7 Å². The summed E-state index contributed by atoms with van der Waals surface area (Å²) in [5, 5.41) is 20.0. The van der Waals surface area contributed by atoms with E-state index in [4.69, 9.17) is 17.0 Å². The van der Waals surface area contributed by atoms with E-state index in [-0.39, 0.29) is 11.2 Å². The van der Waals surface area contributed by atoms with Crippen LogP contribution in [-0.4, -0.2) is 44.1 Å². The second kappa shape index (κ2) is 17.3. The SMILES string of the molecule is CCCCCCCCCCCCCCCc1cccc(OC(C)C)c1C1C(C(=O)O)C(C)=NC(=S)N1C(=O)O. The molecule has 2 rings (SSSR count). The fourth-order valence-corrected chi connectivity index (χ4v) is 5.75. The minimum atomic E-state index is -1.32. The predicted molar refractivity (Wildman–Crippen MR) is 161 cm³/mol. The van der Waals surface area contributed by atoms with Crippen molar-refractivity contribution in [3.05, 3.63) is 29.3 Å². The molecular formula is C31H48N2O5S. The monoisotopic (exact) mass is 560 g/mol. The molecule has 0 fully saturated rings. The van der Waals surface area contributed by atoms with Crippen LogP contribution in [0.4, 0.5) is 4.79 Å².